The first kappa shape index (κ1) is 16.7. The molecule has 0 unspecified atom stereocenters. The molecule has 2 aromatic rings. The van der Waals surface area contributed by atoms with Gasteiger partial charge in [-0.3, -0.25) is 14.7 Å². The minimum absolute atomic E-state index is 0.228. The van der Waals surface area contributed by atoms with Gasteiger partial charge in [0.2, 0.25) is 0 Å². The molecule has 2 aliphatic rings. The summed E-state index contributed by atoms with van der Waals surface area (Å²) in [4.78, 5) is 22.2. The Kier molecular flexibility index (Phi) is 5.13. The number of rotatable bonds is 4. The van der Waals surface area contributed by atoms with Crippen molar-refractivity contribution in [3.63, 3.8) is 0 Å². The van der Waals surface area contributed by atoms with Crippen LogP contribution in [0.5, 0.6) is 0 Å². The van der Waals surface area contributed by atoms with Gasteiger partial charge in [0.15, 0.2) is 0 Å². The van der Waals surface area contributed by atoms with Crippen LogP contribution in [0.3, 0.4) is 0 Å². The van der Waals surface area contributed by atoms with Crippen molar-refractivity contribution in [1.82, 2.24) is 14.8 Å². The number of nitrogens with zero attached hydrogens (tertiary/aromatic N) is 3. The van der Waals surface area contributed by atoms with Crippen molar-refractivity contribution in [2.45, 2.75) is 25.8 Å². The molecule has 4 heterocycles. The van der Waals surface area contributed by atoms with Crippen LogP contribution in [0.25, 0.3) is 0 Å². The molecule has 132 valence electrons. The number of hydrogen-bond acceptors (Lipinski definition) is 4. The van der Waals surface area contributed by atoms with Crippen LogP contribution in [0.4, 0.5) is 0 Å². The molecule has 5 heteroatoms. The first-order valence-corrected chi connectivity index (χ1v) is 10.1. The lowest BCUT2D eigenvalue weighted by Gasteiger charge is -2.34. The van der Waals surface area contributed by atoms with Crippen molar-refractivity contribution in [3.05, 3.63) is 52.5 Å². The van der Waals surface area contributed by atoms with E-state index in [9.17, 15) is 4.79 Å². The third kappa shape index (κ3) is 3.93. The summed E-state index contributed by atoms with van der Waals surface area (Å²) in [6, 6.07) is 8.07. The number of amides is 1. The van der Waals surface area contributed by atoms with Crippen molar-refractivity contribution < 1.29 is 4.79 Å². The molecule has 0 N–H and O–H groups in total. The molecule has 1 amide bonds. The van der Waals surface area contributed by atoms with E-state index in [1.54, 1.807) is 11.3 Å². The zero-order chi connectivity index (χ0) is 17.1. The predicted molar refractivity (Wildman–Crippen MR) is 101 cm³/mol. The minimum Gasteiger partial charge on any atom is -0.338 e. The van der Waals surface area contributed by atoms with Crippen LogP contribution < -0.4 is 0 Å². The predicted octanol–water partition coefficient (Wildman–Crippen LogP) is 3.52. The van der Waals surface area contributed by atoms with Crippen LogP contribution in [-0.4, -0.2) is 46.9 Å². The van der Waals surface area contributed by atoms with E-state index in [4.69, 9.17) is 0 Å². The van der Waals surface area contributed by atoms with E-state index in [2.05, 4.69) is 20.9 Å². The Morgan fingerprint density at radius 2 is 1.96 bits per heavy atom. The van der Waals surface area contributed by atoms with Gasteiger partial charge in [0, 0.05) is 32.0 Å². The molecule has 2 fully saturated rings. The average Bonchev–Trinajstić information content (AvgIpc) is 3.35. The summed E-state index contributed by atoms with van der Waals surface area (Å²) in [5.74, 6) is 1.68. The van der Waals surface area contributed by atoms with Crippen molar-refractivity contribution in [2.75, 3.05) is 26.2 Å². The summed E-state index contributed by atoms with van der Waals surface area (Å²) in [6.07, 6.45) is 7.48. The van der Waals surface area contributed by atoms with Gasteiger partial charge in [0.1, 0.15) is 0 Å². The highest BCUT2D eigenvalue weighted by atomic mass is 32.1. The van der Waals surface area contributed by atoms with Crippen LogP contribution in [0.2, 0.25) is 0 Å². The summed E-state index contributed by atoms with van der Waals surface area (Å²) in [5, 5.41) is 1.98. The number of likely N-dealkylation sites (tertiary alicyclic amines) is 2. The molecule has 2 aromatic heterocycles. The number of carbonyl (C=O) groups excluding carboxylic acids is 1. The van der Waals surface area contributed by atoms with Gasteiger partial charge in [-0.25, -0.2) is 0 Å². The van der Waals surface area contributed by atoms with Gasteiger partial charge in [-0.05, 0) is 67.3 Å². The maximum atomic E-state index is 12.5. The largest absolute Gasteiger partial charge is 0.338 e. The number of aromatic nitrogens is 1. The van der Waals surface area contributed by atoms with E-state index < -0.39 is 0 Å². The number of hydrogen-bond donors (Lipinski definition) is 0. The molecule has 4 nitrogen and oxygen atoms in total. The van der Waals surface area contributed by atoms with Crippen LogP contribution in [-0.2, 0) is 6.54 Å². The highest BCUT2D eigenvalue weighted by Gasteiger charge is 2.34. The highest BCUT2D eigenvalue weighted by Crippen LogP contribution is 2.33. The number of carbonyl (C=O) groups is 1. The van der Waals surface area contributed by atoms with Gasteiger partial charge >= 0.3 is 0 Å². The third-order valence-electron chi connectivity index (χ3n) is 5.67. The van der Waals surface area contributed by atoms with Gasteiger partial charge in [-0.2, -0.15) is 0 Å². The fourth-order valence-corrected chi connectivity index (χ4v) is 4.94. The topological polar surface area (TPSA) is 36.4 Å². The quantitative estimate of drug-likeness (QED) is 0.842. The van der Waals surface area contributed by atoms with E-state index >= 15 is 0 Å². The zero-order valence-electron chi connectivity index (χ0n) is 14.5. The fourth-order valence-electron chi connectivity index (χ4n) is 4.24. The molecule has 0 bridgehead atoms. The molecule has 0 aliphatic carbocycles. The van der Waals surface area contributed by atoms with Crippen LogP contribution >= 0.6 is 11.3 Å². The second-order valence-corrected chi connectivity index (χ2v) is 8.20. The third-order valence-corrected chi connectivity index (χ3v) is 6.53. The lowest BCUT2D eigenvalue weighted by atomic mass is 9.83. The van der Waals surface area contributed by atoms with Gasteiger partial charge < -0.3 is 4.90 Å². The minimum atomic E-state index is 0.228. The lowest BCUT2D eigenvalue weighted by Crippen LogP contribution is -2.37. The molecule has 0 spiro atoms. The average molecular weight is 356 g/mol. The van der Waals surface area contributed by atoms with Crippen LogP contribution in [0.15, 0.2) is 42.0 Å². The number of pyridine rings is 1. The Hall–Kier alpha value is -1.72. The molecule has 2 aliphatic heterocycles. The first-order valence-electron chi connectivity index (χ1n) is 9.23. The van der Waals surface area contributed by atoms with E-state index in [0.717, 1.165) is 43.5 Å². The van der Waals surface area contributed by atoms with Crippen molar-refractivity contribution in [2.24, 2.45) is 11.8 Å². The summed E-state index contributed by atoms with van der Waals surface area (Å²) < 4.78 is 0. The summed E-state index contributed by atoms with van der Waals surface area (Å²) in [5.41, 5.74) is 1.30. The monoisotopic (exact) mass is 355 g/mol. The molecular formula is C20H25N3OS. The van der Waals surface area contributed by atoms with Gasteiger partial charge in [0.25, 0.3) is 5.91 Å². The lowest BCUT2D eigenvalue weighted by molar-refractivity contribution is 0.0777. The van der Waals surface area contributed by atoms with Crippen molar-refractivity contribution in [3.8, 4) is 0 Å². The van der Waals surface area contributed by atoms with E-state index in [0.29, 0.717) is 5.92 Å². The SMILES string of the molecule is O=C(c1cccs1)N1CC[C@@H](C2CCN(Cc3cccnc3)CC2)C1. The maximum Gasteiger partial charge on any atom is 0.263 e. The standard InChI is InChI=1S/C20H25N3OS/c24-20(19-4-2-12-25-19)23-11-7-18(15-23)17-5-9-22(10-6-17)14-16-3-1-8-21-13-16/h1-4,8,12-13,17-18H,5-7,9-11,14-15H2/t18-/m1/s1. The zero-order valence-corrected chi connectivity index (χ0v) is 15.3. The maximum absolute atomic E-state index is 12.5. The molecule has 1 atom stereocenters. The van der Waals surface area contributed by atoms with Crippen LogP contribution in [0.1, 0.15) is 34.5 Å². The summed E-state index contributed by atoms with van der Waals surface area (Å²) in [7, 11) is 0. The molecular weight excluding hydrogens is 330 g/mol. The Morgan fingerprint density at radius 3 is 2.68 bits per heavy atom. The van der Waals surface area contributed by atoms with Crippen molar-refractivity contribution in [1.29, 1.82) is 0 Å². The Bertz CT molecular complexity index is 680. The Labute approximate surface area is 153 Å². The van der Waals surface area contributed by atoms with Crippen LogP contribution in [0, 0.1) is 11.8 Å². The summed E-state index contributed by atoms with van der Waals surface area (Å²) >= 11 is 1.55. The molecule has 0 radical (unpaired) electrons. The second-order valence-electron chi connectivity index (χ2n) is 7.25. The molecule has 0 aromatic carbocycles. The molecule has 2 saturated heterocycles. The van der Waals surface area contributed by atoms with E-state index in [1.807, 2.05) is 36.0 Å². The molecule has 25 heavy (non-hydrogen) atoms. The molecule has 0 saturated carbocycles. The fraction of sp³-hybridized carbons (Fsp3) is 0.500. The van der Waals surface area contributed by atoms with Crippen molar-refractivity contribution >= 4 is 17.2 Å². The van der Waals surface area contributed by atoms with Gasteiger partial charge in [-0.1, -0.05) is 12.1 Å². The number of piperidine rings is 1. The summed E-state index contributed by atoms with van der Waals surface area (Å²) in [6.45, 7) is 5.21. The van der Waals surface area contributed by atoms with Gasteiger partial charge in [0.05, 0.1) is 4.88 Å². The Balaban J connectivity index is 1.26. The Morgan fingerprint density at radius 1 is 1.12 bits per heavy atom. The van der Waals surface area contributed by atoms with E-state index in [-0.39, 0.29) is 5.91 Å². The van der Waals surface area contributed by atoms with Gasteiger partial charge in [-0.15, -0.1) is 11.3 Å². The first-order chi connectivity index (χ1) is 12.3. The highest BCUT2D eigenvalue weighted by molar-refractivity contribution is 7.12. The normalized spacial score (nSPS) is 22.4. The molecule has 4 rings (SSSR count). The second kappa shape index (κ2) is 7.67. The number of thiophene rings is 1. The smallest absolute Gasteiger partial charge is 0.263 e. The van der Waals surface area contributed by atoms with E-state index in [1.165, 1.54) is 24.8 Å².